The fourth-order valence-corrected chi connectivity index (χ4v) is 4.07. The van der Waals surface area contributed by atoms with Crippen LogP contribution in [-0.4, -0.2) is 17.6 Å². The van der Waals surface area contributed by atoms with E-state index < -0.39 is 5.97 Å². The van der Waals surface area contributed by atoms with Gasteiger partial charge in [-0.1, -0.05) is 72.8 Å². The molecule has 1 aliphatic carbocycles. The monoisotopic (exact) mass is 383 g/mol. The number of carboxylic acids is 1. The van der Waals surface area contributed by atoms with Crippen molar-refractivity contribution in [1.82, 2.24) is 0 Å². The minimum Gasteiger partial charge on any atom is -0.481 e. The largest absolute Gasteiger partial charge is 0.481 e. The number of anilines is 1. The highest BCUT2D eigenvalue weighted by Gasteiger charge is 2.17. The van der Waals surface area contributed by atoms with Gasteiger partial charge in [0.05, 0.1) is 6.42 Å². The second-order valence-electron chi connectivity index (χ2n) is 7.38. The van der Waals surface area contributed by atoms with Gasteiger partial charge in [0.15, 0.2) is 0 Å². The molecule has 3 nitrogen and oxygen atoms in total. The van der Waals surface area contributed by atoms with Crippen LogP contribution >= 0.6 is 0 Å². The fraction of sp³-hybridized carbons (Fsp3) is 0.192. The summed E-state index contributed by atoms with van der Waals surface area (Å²) in [6.07, 6.45) is 5.33. The van der Waals surface area contributed by atoms with Crippen LogP contribution in [0.2, 0.25) is 0 Å². The number of aryl methyl sites for hydroxylation is 2. The third-order valence-electron chi connectivity index (χ3n) is 5.45. The number of carboxylic acid groups (broad SMARTS) is 1. The molecular formula is C26H25NO2. The number of hydrogen-bond donors (Lipinski definition) is 2. The van der Waals surface area contributed by atoms with Crippen LogP contribution < -0.4 is 5.32 Å². The summed E-state index contributed by atoms with van der Waals surface area (Å²) in [6, 6.07) is 25.0. The highest BCUT2D eigenvalue weighted by atomic mass is 16.4. The minimum absolute atomic E-state index is 0.0328. The van der Waals surface area contributed by atoms with Crippen molar-refractivity contribution in [2.45, 2.75) is 25.7 Å². The van der Waals surface area contributed by atoms with Crippen molar-refractivity contribution in [3.8, 4) is 0 Å². The number of benzene rings is 3. The highest BCUT2D eigenvalue weighted by Crippen LogP contribution is 2.33. The Morgan fingerprint density at radius 3 is 2.10 bits per heavy atom. The van der Waals surface area contributed by atoms with E-state index >= 15 is 0 Å². The maximum atomic E-state index is 11.1. The molecule has 0 amide bonds. The van der Waals surface area contributed by atoms with Crippen molar-refractivity contribution in [1.29, 1.82) is 0 Å². The highest BCUT2D eigenvalue weighted by molar-refractivity contribution is 5.84. The molecule has 0 aliphatic heterocycles. The summed E-state index contributed by atoms with van der Waals surface area (Å²) >= 11 is 0. The average Bonchev–Trinajstić information content (AvgIpc) is 2.89. The molecule has 3 heteroatoms. The van der Waals surface area contributed by atoms with E-state index in [1.807, 2.05) is 24.3 Å². The van der Waals surface area contributed by atoms with Crippen LogP contribution in [0.1, 0.15) is 34.2 Å². The third kappa shape index (κ3) is 4.40. The Morgan fingerprint density at radius 1 is 0.862 bits per heavy atom. The van der Waals surface area contributed by atoms with E-state index in [0.29, 0.717) is 0 Å². The molecule has 0 saturated heterocycles. The van der Waals surface area contributed by atoms with E-state index in [1.165, 1.54) is 27.8 Å². The van der Waals surface area contributed by atoms with E-state index in [4.69, 9.17) is 5.11 Å². The van der Waals surface area contributed by atoms with Crippen molar-refractivity contribution in [3.05, 3.63) is 107 Å². The summed E-state index contributed by atoms with van der Waals surface area (Å²) in [5.74, 6) is -0.812. The summed E-state index contributed by atoms with van der Waals surface area (Å²) < 4.78 is 0. The van der Waals surface area contributed by atoms with Crippen LogP contribution in [0.3, 0.4) is 0 Å². The molecule has 0 saturated carbocycles. The van der Waals surface area contributed by atoms with Gasteiger partial charge in [-0.2, -0.15) is 0 Å². The topological polar surface area (TPSA) is 49.3 Å². The van der Waals surface area contributed by atoms with E-state index in [1.54, 1.807) is 0 Å². The Morgan fingerprint density at radius 2 is 1.45 bits per heavy atom. The SMILES string of the molecule is O=C(O)Cc1ccccc1NCCC=C1c2ccccc2CCc2ccccc21. The maximum Gasteiger partial charge on any atom is 0.307 e. The number of nitrogens with one attached hydrogen (secondary N) is 1. The Hall–Kier alpha value is -3.33. The van der Waals surface area contributed by atoms with Gasteiger partial charge in [-0.05, 0) is 58.7 Å². The number of para-hydroxylation sites is 1. The zero-order valence-electron chi connectivity index (χ0n) is 16.4. The van der Waals surface area contributed by atoms with E-state index in [2.05, 4.69) is 59.9 Å². The van der Waals surface area contributed by atoms with Crippen LogP contribution in [-0.2, 0) is 24.1 Å². The minimum atomic E-state index is -0.812. The zero-order chi connectivity index (χ0) is 20.1. The standard InChI is InChI=1S/C26H25NO2/c28-26(29)18-21-10-3-6-14-25(21)27-17-7-13-24-22-11-4-1-8-19(22)15-16-20-9-2-5-12-23(20)24/h1-6,8-14,27H,7,15-18H2,(H,28,29). The molecule has 0 aromatic heterocycles. The van der Waals surface area contributed by atoms with Crippen molar-refractivity contribution >= 4 is 17.2 Å². The van der Waals surface area contributed by atoms with Gasteiger partial charge < -0.3 is 10.4 Å². The van der Waals surface area contributed by atoms with Gasteiger partial charge in [0.1, 0.15) is 0 Å². The molecule has 3 aromatic rings. The summed E-state index contributed by atoms with van der Waals surface area (Å²) in [5, 5.41) is 12.5. The molecule has 0 bridgehead atoms. The number of aliphatic carboxylic acids is 1. The van der Waals surface area contributed by atoms with Crippen LogP contribution in [0.25, 0.3) is 5.57 Å². The van der Waals surface area contributed by atoms with Crippen molar-refractivity contribution in [3.63, 3.8) is 0 Å². The number of carbonyl (C=O) groups is 1. The Bertz CT molecular complexity index is 1000. The molecule has 1 aliphatic rings. The smallest absolute Gasteiger partial charge is 0.307 e. The number of rotatable bonds is 6. The normalized spacial score (nSPS) is 12.5. The summed E-state index contributed by atoms with van der Waals surface area (Å²) in [7, 11) is 0. The molecule has 0 spiro atoms. The van der Waals surface area contributed by atoms with Crippen LogP contribution in [0.4, 0.5) is 5.69 Å². The molecule has 0 radical (unpaired) electrons. The van der Waals surface area contributed by atoms with Gasteiger partial charge in [-0.3, -0.25) is 4.79 Å². The molecule has 0 fully saturated rings. The van der Waals surface area contributed by atoms with E-state index in [0.717, 1.165) is 37.1 Å². The van der Waals surface area contributed by atoms with Gasteiger partial charge in [-0.15, -0.1) is 0 Å². The zero-order valence-corrected chi connectivity index (χ0v) is 16.4. The van der Waals surface area contributed by atoms with Crippen LogP contribution in [0, 0.1) is 0 Å². The van der Waals surface area contributed by atoms with Gasteiger partial charge in [-0.25, -0.2) is 0 Å². The van der Waals surface area contributed by atoms with Gasteiger partial charge in [0.2, 0.25) is 0 Å². The lowest BCUT2D eigenvalue weighted by Crippen LogP contribution is -2.07. The van der Waals surface area contributed by atoms with Gasteiger partial charge in [0.25, 0.3) is 0 Å². The lowest BCUT2D eigenvalue weighted by atomic mass is 9.93. The second-order valence-corrected chi connectivity index (χ2v) is 7.38. The molecule has 3 aromatic carbocycles. The summed E-state index contributed by atoms with van der Waals surface area (Å²) in [4.78, 5) is 11.1. The number of hydrogen-bond acceptors (Lipinski definition) is 2. The molecule has 29 heavy (non-hydrogen) atoms. The molecular weight excluding hydrogens is 358 g/mol. The van der Waals surface area contributed by atoms with E-state index in [9.17, 15) is 4.79 Å². The quantitative estimate of drug-likeness (QED) is 0.565. The van der Waals surface area contributed by atoms with Gasteiger partial charge in [0, 0.05) is 12.2 Å². The predicted octanol–water partition coefficient (Wildman–Crippen LogP) is 5.35. The molecule has 0 unspecified atom stereocenters. The molecule has 146 valence electrons. The van der Waals surface area contributed by atoms with Crippen molar-refractivity contribution in [2.75, 3.05) is 11.9 Å². The average molecular weight is 383 g/mol. The van der Waals surface area contributed by atoms with Crippen LogP contribution in [0.5, 0.6) is 0 Å². The molecule has 4 rings (SSSR count). The number of fused-ring (bicyclic) bond motifs is 2. The van der Waals surface area contributed by atoms with E-state index in [-0.39, 0.29) is 6.42 Å². The first kappa shape index (κ1) is 19.0. The first-order chi connectivity index (χ1) is 14.2. The van der Waals surface area contributed by atoms with Crippen LogP contribution in [0.15, 0.2) is 78.9 Å². The third-order valence-corrected chi connectivity index (χ3v) is 5.45. The first-order valence-corrected chi connectivity index (χ1v) is 10.1. The summed E-state index contributed by atoms with van der Waals surface area (Å²) in [6.45, 7) is 0.754. The molecule has 0 heterocycles. The lowest BCUT2D eigenvalue weighted by Gasteiger charge is -2.13. The molecule has 0 atom stereocenters. The predicted molar refractivity (Wildman–Crippen MR) is 118 cm³/mol. The van der Waals surface area contributed by atoms with Crippen molar-refractivity contribution in [2.24, 2.45) is 0 Å². The Balaban J connectivity index is 1.56. The van der Waals surface area contributed by atoms with Gasteiger partial charge >= 0.3 is 5.97 Å². The second kappa shape index (κ2) is 8.78. The summed E-state index contributed by atoms with van der Waals surface area (Å²) in [5.41, 5.74) is 8.46. The fourth-order valence-electron chi connectivity index (χ4n) is 4.07. The van der Waals surface area contributed by atoms with Crippen molar-refractivity contribution < 1.29 is 9.90 Å². The molecule has 2 N–H and O–H groups in total. The Kier molecular flexibility index (Phi) is 5.76. The lowest BCUT2D eigenvalue weighted by molar-refractivity contribution is -0.136. The Labute approximate surface area is 171 Å². The maximum absolute atomic E-state index is 11.1. The first-order valence-electron chi connectivity index (χ1n) is 10.1.